The molecule has 0 radical (unpaired) electrons. The summed E-state index contributed by atoms with van der Waals surface area (Å²) in [5.74, 6) is -0.166. The molecule has 4 nitrogen and oxygen atoms in total. The molecule has 0 bridgehead atoms. The highest BCUT2D eigenvalue weighted by atomic mass is 35.5. The van der Waals surface area contributed by atoms with Gasteiger partial charge in [0.25, 0.3) is 0 Å². The Morgan fingerprint density at radius 2 is 1.62 bits per heavy atom. The Morgan fingerprint density at radius 1 is 1.00 bits per heavy atom. The second-order valence-corrected chi connectivity index (χ2v) is 6.73. The molecule has 2 aromatic carbocycles. The van der Waals surface area contributed by atoms with Crippen LogP contribution in [0.5, 0.6) is 0 Å². The third-order valence-electron chi connectivity index (χ3n) is 4.22. The summed E-state index contributed by atoms with van der Waals surface area (Å²) in [5.41, 5.74) is 3.30. The van der Waals surface area contributed by atoms with Crippen molar-refractivity contribution in [3.05, 3.63) is 70.2 Å². The smallest absolute Gasteiger partial charge is 0.239 e. The summed E-state index contributed by atoms with van der Waals surface area (Å²) in [5, 5.41) is 3.51. The third-order valence-corrected chi connectivity index (χ3v) is 4.47. The molecule has 0 aliphatic heterocycles. The highest BCUT2D eigenvalue weighted by Crippen LogP contribution is 2.09. The largest absolute Gasteiger partial charge is 0.350 e. The topological polar surface area (TPSA) is 49.4 Å². The van der Waals surface area contributed by atoms with Crippen molar-refractivity contribution < 1.29 is 9.59 Å². The maximum atomic E-state index is 12.4. The second kappa shape index (κ2) is 9.97. The van der Waals surface area contributed by atoms with Crippen molar-refractivity contribution >= 4 is 23.4 Å². The fourth-order valence-corrected chi connectivity index (χ4v) is 2.70. The Kier molecular flexibility index (Phi) is 7.67. The van der Waals surface area contributed by atoms with E-state index in [0.717, 1.165) is 11.1 Å². The van der Waals surface area contributed by atoms with Gasteiger partial charge in [-0.25, -0.2) is 0 Å². The predicted octanol–water partition coefficient (Wildman–Crippen LogP) is 3.75. The summed E-state index contributed by atoms with van der Waals surface area (Å²) in [6, 6.07) is 15.5. The Morgan fingerprint density at radius 3 is 2.23 bits per heavy atom. The van der Waals surface area contributed by atoms with Gasteiger partial charge in [-0.3, -0.25) is 9.59 Å². The van der Waals surface area contributed by atoms with Gasteiger partial charge in [-0.2, -0.15) is 0 Å². The number of amides is 2. The predicted molar refractivity (Wildman–Crippen MR) is 105 cm³/mol. The number of nitrogens with zero attached hydrogens (tertiary/aromatic N) is 1. The molecule has 0 saturated heterocycles. The fourth-order valence-electron chi connectivity index (χ4n) is 2.57. The van der Waals surface area contributed by atoms with Crippen LogP contribution in [-0.4, -0.2) is 29.8 Å². The van der Waals surface area contributed by atoms with Gasteiger partial charge in [0.2, 0.25) is 11.8 Å². The molecule has 0 aliphatic carbocycles. The number of aryl methyl sites for hydroxylation is 2. The van der Waals surface area contributed by atoms with E-state index in [0.29, 0.717) is 31.0 Å². The summed E-state index contributed by atoms with van der Waals surface area (Å²) < 4.78 is 0. The number of carbonyl (C=O) groups is 2. The van der Waals surface area contributed by atoms with E-state index in [9.17, 15) is 9.59 Å². The van der Waals surface area contributed by atoms with Gasteiger partial charge in [-0.15, -0.1) is 0 Å². The minimum absolute atomic E-state index is 0.00489. The number of halogens is 1. The molecule has 0 fully saturated rings. The first kappa shape index (κ1) is 20.0. The van der Waals surface area contributed by atoms with Crippen LogP contribution in [0.25, 0.3) is 0 Å². The number of rotatable bonds is 8. The van der Waals surface area contributed by atoms with Crippen molar-refractivity contribution in [2.45, 2.75) is 33.2 Å². The zero-order chi connectivity index (χ0) is 18.9. The summed E-state index contributed by atoms with van der Waals surface area (Å²) in [4.78, 5) is 26.1. The highest BCUT2D eigenvalue weighted by Gasteiger charge is 2.15. The van der Waals surface area contributed by atoms with Crippen molar-refractivity contribution in [2.75, 3.05) is 13.1 Å². The maximum absolute atomic E-state index is 12.4. The van der Waals surface area contributed by atoms with Gasteiger partial charge in [0.05, 0.1) is 6.54 Å². The lowest BCUT2D eigenvalue weighted by molar-refractivity contribution is -0.135. The highest BCUT2D eigenvalue weighted by molar-refractivity contribution is 6.30. The monoisotopic (exact) mass is 372 g/mol. The first-order valence-corrected chi connectivity index (χ1v) is 9.20. The Labute approximate surface area is 160 Å². The number of carbonyl (C=O) groups excluding carboxylic acids is 2. The SMILES string of the molecule is CCN(CC(=O)NCc1ccc(Cl)cc1)C(=O)CCc1ccc(C)cc1. The Bertz CT molecular complexity index is 727. The molecule has 0 aliphatic rings. The number of benzene rings is 2. The van der Waals surface area contributed by atoms with Crippen LogP contribution in [0.4, 0.5) is 0 Å². The van der Waals surface area contributed by atoms with Gasteiger partial charge in [-0.1, -0.05) is 53.6 Å². The Balaban J connectivity index is 1.78. The minimum atomic E-state index is -0.162. The molecule has 0 atom stereocenters. The zero-order valence-corrected chi connectivity index (χ0v) is 16.1. The zero-order valence-electron chi connectivity index (χ0n) is 15.3. The molecule has 26 heavy (non-hydrogen) atoms. The van der Waals surface area contributed by atoms with Gasteiger partial charge in [0.15, 0.2) is 0 Å². The van der Waals surface area contributed by atoms with E-state index in [2.05, 4.69) is 5.32 Å². The molecular weight excluding hydrogens is 348 g/mol. The van der Waals surface area contributed by atoms with Gasteiger partial charge < -0.3 is 10.2 Å². The summed E-state index contributed by atoms with van der Waals surface area (Å²) >= 11 is 5.85. The third kappa shape index (κ3) is 6.52. The van der Waals surface area contributed by atoms with Gasteiger partial charge in [0, 0.05) is 24.5 Å². The molecule has 0 spiro atoms. The van der Waals surface area contributed by atoms with E-state index in [1.165, 1.54) is 5.56 Å². The average Bonchev–Trinajstić information content (AvgIpc) is 2.65. The standard InChI is InChI=1S/C21H25ClN2O2/c1-3-24(21(26)13-10-17-6-4-16(2)5-7-17)15-20(25)23-14-18-8-11-19(22)12-9-18/h4-9,11-12H,3,10,13-15H2,1-2H3,(H,23,25). The number of nitrogens with one attached hydrogen (secondary N) is 1. The van der Waals surface area contributed by atoms with Crippen LogP contribution in [0, 0.1) is 6.92 Å². The van der Waals surface area contributed by atoms with Crippen LogP contribution in [0.3, 0.4) is 0 Å². The maximum Gasteiger partial charge on any atom is 0.239 e. The van der Waals surface area contributed by atoms with Crippen LogP contribution in [0.2, 0.25) is 5.02 Å². The van der Waals surface area contributed by atoms with Crippen molar-refractivity contribution in [3.63, 3.8) is 0 Å². The van der Waals surface area contributed by atoms with E-state index < -0.39 is 0 Å². The van der Waals surface area contributed by atoms with E-state index in [4.69, 9.17) is 11.6 Å². The summed E-state index contributed by atoms with van der Waals surface area (Å²) in [6.07, 6.45) is 1.09. The summed E-state index contributed by atoms with van der Waals surface area (Å²) in [7, 11) is 0. The second-order valence-electron chi connectivity index (χ2n) is 6.30. The molecule has 1 N–H and O–H groups in total. The molecule has 2 aromatic rings. The molecule has 0 heterocycles. The lowest BCUT2D eigenvalue weighted by Gasteiger charge is -2.20. The molecule has 138 valence electrons. The van der Waals surface area contributed by atoms with Crippen molar-refractivity contribution in [1.82, 2.24) is 10.2 Å². The molecule has 0 saturated carbocycles. The van der Waals surface area contributed by atoms with Gasteiger partial charge in [0.1, 0.15) is 0 Å². The van der Waals surface area contributed by atoms with Crippen molar-refractivity contribution in [1.29, 1.82) is 0 Å². The van der Waals surface area contributed by atoms with Crippen LogP contribution in [0.15, 0.2) is 48.5 Å². The lowest BCUT2D eigenvalue weighted by atomic mass is 10.1. The van der Waals surface area contributed by atoms with Crippen LogP contribution in [-0.2, 0) is 22.6 Å². The molecule has 0 unspecified atom stereocenters. The minimum Gasteiger partial charge on any atom is -0.350 e. The first-order valence-electron chi connectivity index (χ1n) is 8.82. The van der Waals surface area contributed by atoms with Gasteiger partial charge in [-0.05, 0) is 43.5 Å². The average molecular weight is 373 g/mol. The van der Waals surface area contributed by atoms with Gasteiger partial charge >= 0.3 is 0 Å². The Hall–Kier alpha value is -2.33. The molecule has 0 aromatic heterocycles. The quantitative estimate of drug-likeness (QED) is 0.767. The van der Waals surface area contributed by atoms with Crippen molar-refractivity contribution in [2.24, 2.45) is 0 Å². The van der Waals surface area contributed by atoms with Crippen molar-refractivity contribution in [3.8, 4) is 0 Å². The summed E-state index contributed by atoms with van der Waals surface area (Å²) in [6.45, 7) is 4.94. The first-order chi connectivity index (χ1) is 12.5. The number of hydrogen-bond acceptors (Lipinski definition) is 2. The molecule has 2 amide bonds. The molecule has 5 heteroatoms. The molecular formula is C21H25ClN2O2. The van der Waals surface area contributed by atoms with Crippen LogP contribution < -0.4 is 5.32 Å². The van der Waals surface area contributed by atoms with Crippen LogP contribution in [0.1, 0.15) is 30.0 Å². The van der Waals surface area contributed by atoms with E-state index in [1.54, 1.807) is 17.0 Å². The van der Waals surface area contributed by atoms with E-state index in [-0.39, 0.29) is 18.4 Å². The lowest BCUT2D eigenvalue weighted by Crippen LogP contribution is -2.40. The number of likely N-dealkylation sites (N-methyl/N-ethyl adjacent to an activating group) is 1. The van der Waals surface area contributed by atoms with E-state index >= 15 is 0 Å². The molecule has 2 rings (SSSR count). The normalized spacial score (nSPS) is 10.4. The number of hydrogen-bond donors (Lipinski definition) is 1. The van der Waals surface area contributed by atoms with E-state index in [1.807, 2.05) is 50.2 Å². The fraction of sp³-hybridized carbons (Fsp3) is 0.333. The van der Waals surface area contributed by atoms with Crippen LogP contribution >= 0.6 is 11.6 Å².